The fraction of sp³-hybridized carbons (Fsp3) is 0.875. The maximum absolute atomic E-state index is 11.1. The summed E-state index contributed by atoms with van der Waals surface area (Å²) in [5.74, 6) is 1.20. The van der Waals surface area contributed by atoms with E-state index in [0.29, 0.717) is 12.6 Å². The number of amides is 1. The number of rotatable bonds is 6. The molecule has 1 aliphatic rings. The van der Waals surface area contributed by atoms with Crippen molar-refractivity contribution in [3.63, 3.8) is 0 Å². The molecule has 12 heavy (non-hydrogen) atoms. The first-order chi connectivity index (χ1) is 5.83. The second-order valence-corrected chi connectivity index (χ2v) is 4.00. The third kappa shape index (κ3) is 4.62. The summed E-state index contributed by atoms with van der Waals surface area (Å²) in [6.07, 6.45) is 4.39. The second-order valence-electron chi connectivity index (χ2n) is 3.01. The molecule has 0 atom stereocenters. The fourth-order valence-corrected chi connectivity index (χ4v) is 1.23. The Morgan fingerprint density at radius 1 is 1.58 bits per heavy atom. The first-order valence-electron chi connectivity index (χ1n) is 4.32. The van der Waals surface area contributed by atoms with Crippen LogP contribution in [-0.4, -0.2) is 37.0 Å². The van der Waals surface area contributed by atoms with Gasteiger partial charge in [0, 0.05) is 18.3 Å². The van der Waals surface area contributed by atoms with Crippen molar-refractivity contribution < 1.29 is 4.79 Å². The van der Waals surface area contributed by atoms with E-state index in [1.54, 1.807) is 11.8 Å². The van der Waals surface area contributed by atoms with E-state index in [0.717, 1.165) is 25.1 Å². The summed E-state index contributed by atoms with van der Waals surface area (Å²) >= 11 is 1.79. The van der Waals surface area contributed by atoms with Crippen molar-refractivity contribution in [1.29, 1.82) is 0 Å². The van der Waals surface area contributed by atoms with Gasteiger partial charge < -0.3 is 10.6 Å². The van der Waals surface area contributed by atoms with Gasteiger partial charge in [-0.3, -0.25) is 4.79 Å². The highest BCUT2D eigenvalue weighted by Gasteiger charge is 2.22. The third-order valence-corrected chi connectivity index (χ3v) is 2.32. The highest BCUT2D eigenvalue weighted by atomic mass is 32.2. The molecule has 1 saturated carbocycles. The van der Waals surface area contributed by atoms with Gasteiger partial charge in [-0.15, -0.1) is 0 Å². The lowest BCUT2D eigenvalue weighted by Crippen LogP contribution is -2.35. The van der Waals surface area contributed by atoms with Gasteiger partial charge in [-0.2, -0.15) is 11.8 Å². The van der Waals surface area contributed by atoms with Crippen LogP contribution in [0.1, 0.15) is 12.8 Å². The van der Waals surface area contributed by atoms with Crippen LogP contribution in [0.5, 0.6) is 0 Å². The molecule has 0 saturated heterocycles. The molecule has 1 amide bonds. The van der Waals surface area contributed by atoms with E-state index in [1.165, 1.54) is 0 Å². The molecule has 4 heteroatoms. The minimum absolute atomic E-state index is 0.138. The van der Waals surface area contributed by atoms with Gasteiger partial charge in [0.15, 0.2) is 0 Å². The van der Waals surface area contributed by atoms with Crippen molar-refractivity contribution in [2.75, 3.05) is 25.1 Å². The van der Waals surface area contributed by atoms with E-state index in [2.05, 4.69) is 16.9 Å². The van der Waals surface area contributed by atoms with Crippen molar-refractivity contribution in [3.8, 4) is 0 Å². The smallest absolute Gasteiger partial charge is 0.234 e. The quantitative estimate of drug-likeness (QED) is 0.586. The highest BCUT2D eigenvalue weighted by Crippen LogP contribution is 2.17. The Bertz CT molecular complexity index is 148. The van der Waals surface area contributed by atoms with Crippen molar-refractivity contribution in [2.45, 2.75) is 18.9 Å². The Morgan fingerprint density at radius 3 is 2.92 bits per heavy atom. The third-order valence-electron chi connectivity index (χ3n) is 1.71. The maximum atomic E-state index is 11.1. The summed E-state index contributed by atoms with van der Waals surface area (Å²) in [5.41, 5.74) is 0. The summed E-state index contributed by atoms with van der Waals surface area (Å²) in [5, 5.41) is 6.01. The molecule has 0 aromatic rings. The van der Waals surface area contributed by atoms with Gasteiger partial charge in [0.25, 0.3) is 0 Å². The first-order valence-corrected chi connectivity index (χ1v) is 5.71. The molecule has 0 aromatic carbocycles. The van der Waals surface area contributed by atoms with Crippen LogP contribution in [-0.2, 0) is 4.79 Å². The summed E-state index contributed by atoms with van der Waals surface area (Å²) in [6.45, 7) is 1.39. The molecule has 1 rings (SSSR count). The van der Waals surface area contributed by atoms with E-state index in [9.17, 15) is 4.79 Å². The Labute approximate surface area is 77.7 Å². The molecule has 0 radical (unpaired) electrons. The van der Waals surface area contributed by atoms with E-state index < -0.39 is 0 Å². The highest BCUT2D eigenvalue weighted by molar-refractivity contribution is 7.98. The van der Waals surface area contributed by atoms with Gasteiger partial charge in [-0.25, -0.2) is 0 Å². The molecule has 2 N–H and O–H groups in total. The summed E-state index contributed by atoms with van der Waals surface area (Å²) < 4.78 is 0. The van der Waals surface area contributed by atoms with Gasteiger partial charge >= 0.3 is 0 Å². The van der Waals surface area contributed by atoms with Crippen LogP contribution in [0.15, 0.2) is 0 Å². The van der Waals surface area contributed by atoms with Crippen molar-refractivity contribution in [2.24, 2.45) is 0 Å². The minimum atomic E-state index is 0.138. The van der Waals surface area contributed by atoms with Crippen LogP contribution in [0.4, 0.5) is 0 Å². The largest absolute Gasteiger partial charge is 0.352 e. The molecular weight excluding hydrogens is 172 g/mol. The van der Waals surface area contributed by atoms with Crippen molar-refractivity contribution in [1.82, 2.24) is 10.6 Å². The predicted molar refractivity (Wildman–Crippen MR) is 52.4 cm³/mol. The van der Waals surface area contributed by atoms with E-state index in [-0.39, 0.29) is 5.91 Å². The number of thioether (sulfide) groups is 1. The molecule has 0 spiro atoms. The second kappa shape index (κ2) is 5.43. The van der Waals surface area contributed by atoms with E-state index in [1.807, 2.05) is 0 Å². The standard InChI is InChI=1S/C8H16N2OS/c1-12-5-4-9-6-8(11)10-7-2-3-7/h7,9H,2-6H2,1H3,(H,10,11). The van der Waals surface area contributed by atoms with E-state index >= 15 is 0 Å². The van der Waals surface area contributed by atoms with Gasteiger partial charge in [0.1, 0.15) is 0 Å². The first kappa shape index (κ1) is 9.86. The van der Waals surface area contributed by atoms with Crippen LogP contribution in [0.25, 0.3) is 0 Å². The molecule has 1 fully saturated rings. The monoisotopic (exact) mass is 188 g/mol. The SMILES string of the molecule is CSCCNCC(=O)NC1CC1. The number of hydrogen-bond donors (Lipinski definition) is 2. The van der Waals surface area contributed by atoms with E-state index in [4.69, 9.17) is 0 Å². The summed E-state index contributed by atoms with van der Waals surface area (Å²) in [4.78, 5) is 11.1. The predicted octanol–water partition coefficient (Wildman–Crippen LogP) is 0.218. The Kier molecular flexibility index (Phi) is 4.46. The lowest BCUT2D eigenvalue weighted by atomic mass is 10.5. The summed E-state index contributed by atoms with van der Waals surface area (Å²) in [6, 6.07) is 0.486. The maximum Gasteiger partial charge on any atom is 0.234 e. The molecule has 0 bridgehead atoms. The molecule has 3 nitrogen and oxygen atoms in total. The summed E-state index contributed by atoms with van der Waals surface area (Å²) in [7, 11) is 0. The molecular formula is C8H16N2OS. The Balaban J connectivity index is 1.87. The van der Waals surface area contributed by atoms with Crippen LogP contribution < -0.4 is 10.6 Å². The zero-order chi connectivity index (χ0) is 8.81. The van der Waals surface area contributed by atoms with Gasteiger partial charge in [0.05, 0.1) is 6.54 Å². The van der Waals surface area contributed by atoms with Gasteiger partial charge in [-0.05, 0) is 19.1 Å². The van der Waals surface area contributed by atoms with Gasteiger partial charge in [-0.1, -0.05) is 0 Å². The van der Waals surface area contributed by atoms with Gasteiger partial charge in [0.2, 0.25) is 5.91 Å². The minimum Gasteiger partial charge on any atom is -0.352 e. The van der Waals surface area contributed by atoms with Crippen LogP contribution in [0, 0.1) is 0 Å². The lowest BCUT2D eigenvalue weighted by Gasteiger charge is -2.03. The molecule has 1 aliphatic carbocycles. The fourth-order valence-electron chi connectivity index (χ4n) is 0.883. The number of nitrogens with one attached hydrogen (secondary N) is 2. The van der Waals surface area contributed by atoms with Crippen molar-refractivity contribution in [3.05, 3.63) is 0 Å². The lowest BCUT2D eigenvalue weighted by molar-refractivity contribution is -0.120. The average molecular weight is 188 g/mol. The normalized spacial score (nSPS) is 16.1. The molecule has 0 aliphatic heterocycles. The van der Waals surface area contributed by atoms with Crippen LogP contribution in [0.2, 0.25) is 0 Å². The Hall–Kier alpha value is -0.220. The number of carbonyl (C=O) groups is 1. The molecule has 0 unspecified atom stereocenters. The average Bonchev–Trinajstić information content (AvgIpc) is 2.82. The number of hydrogen-bond acceptors (Lipinski definition) is 3. The molecule has 0 heterocycles. The van der Waals surface area contributed by atoms with Crippen LogP contribution >= 0.6 is 11.8 Å². The molecule has 70 valence electrons. The Morgan fingerprint density at radius 2 is 2.33 bits per heavy atom. The zero-order valence-electron chi connectivity index (χ0n) is 7.43. The van der Waals surface area contributed by atoms with Crippen LogP contribution in [0.3, 0.4) is 0 Å². The molecule has 0 aromatic heterocycles. The topological polar surface area (TPSA) is 41.1 Å². The number of carbonyl (C=O) groups excluding carboxylic acids is 1. The zero-order valence-corrected chi connectivity index (χ0v) is 8.25. The van der Waals surface area contributed by atoms with Crippen molar-refractivity contribution >= 4 is 17.7 Å².